The smallest absolute Gasteiger partial charge is 0.331 e. The second-order valence-electron chi connectivity index (χ2n) is 2.37. The minimum absolute atomic E-state index is 0.0281. The quantitative estimate of drug-likeness (QED) is 0.349. The molecule has 0 bridgehead atoms. The molecule has 0 radical (unpaired) electrons. The summed E-state index contributed by atoms with van der Waals surface area (Å²) in [5, 5.41) is 0. The molecule has 0 aliphatic heterocycles. The molecular weight excluding hydrogens is 144 g/mol. The Morgan fingerprint density at radius 2 is 2.09 bits per heavy atom. The number of ether oxygens (including phenoxy) is 2. The average Bonchev–Trinajstić information content (AvgIpc) is 1.97. The highest BCUT2D eigenvalue weighted by Gasteiger charge is 1.96. The van der Waals surface area contributed by atoms with Crippen molar-refractivity contribution in [2.75, 3.05) is 20.3 Å². The fourth-order valence-electron chi connectivity index (χ4n) is 0.427. The molecule has 11 heavy (non-hydrogen) atoms. The van der Waals surface area contributed by atoms with Crippen molar-refractivity contribution in [3.8, 4) is 0 Å². The highest BCUT2D eigenvalue weighted by molar-refractivity contribution is 5.70. The van der Waals surface area contributed by atoms with Crippen LogP contribution in [0.25, 0.3) is 0 Å². The summed E-state index contributed by atoms with van der Waals surface area (Å²) < 4.78 is 9.32. The summed E-state index contributed by atoms with van der Waals surface area (Å²) in [6.45, 7) is 4.45. The maximum atomic E-state index is 10.5. The number of allylic oxidation sites excluding steroid dienone is 1. The van der Waals surface area contributed by atoms with Crippen LogP contribution in [0.4, 0.5) is 0 Å². The zero-order valence-electron chi connectivity index (χ0n) is 7.22. The summed E-state index contributed by atoms with van der Waals surface area (Å²) in [5.74, 6) is -0.341. The van der Waals surface area contributed by atoms with Crippen LogP contribution in [-0.4, -0.2) is 26.3 Å². The maximum Gasteiger partial charge on any atom is 0.331 e. The van der Waals surface area contributed by atoms with Crippen LogP contribution in [0.5, 0.6) is 0 Å². The third-order valence-electron chi connectivity index (χ3n) is 1.06. The number of esters is 1. The standard InChI is InChI=1S/C8H14O3/c1-7(2)4-5-11-6-8(9)10-3/h4H,5-6H2,1-3H3. The average molecular weight is 158 g/mol. The molecule has 0 heterocycles. The third kappa shape index (κ3) is 7.06. The van der Waals surface area contributed by atoms with Crippen LogP contribution in [-0.2, 0) is 14.3 Å². The summed E-state index contributed by atoms with van der Waals surface area (Å²) in [6.07, 6.45) is 1.91. The minimum atomic E-state index is -0.341. The lowest BCUT2D eigenvalue weighted by Crippen LogP contribution is -2.10. The first kappa shape index (κ1) is 10.2. The van der Waals surface area contributed by atoms with Crippen molar-refractivity contribution in [3.63, 3.8) is 0 Å². The number of carbonyl (C=O) groups is 1. The van der Waals surface area contributed by atoms with Gasteiger partial charge in [0.1, 0.15) is 6.61 Å². The van der Waals surface area contributed by atoms with Crippen LogP contribution in [0.2, 0.25) is 0 Å². The largest absolute Gasteiger partial charge is 0.467 e. The Morgan fingerprint density at radius 3 is 2.55 bits per heavy atom. The molecular formula is C8H14O3. The van der Waals surface area contributed by atoms with Gasteiger partial charge in [0.25, 0.3) is 0 Å². The van der Waals surface area contributed by atoms with Crippen molar-refractivity contribution in [2.45, 2.75) is 13.8 Å². The second-order valence-corrected chi connectivity index (χ2v) is 2.37. The van der Waals surface area contributed by atoms with Gasteiger partial charge in [-0.25, -0.2) is 4.79 Å². The zero-order valence-corrected chi connectivity index (χ0v) is 7.22. The predicted molar refractivity (Wildman–Crippen MR) is 42.3 cm³/mol. The molecule has 3 nitrogen and oxygen atoms in total. The molecule has 0 aromatic rings. The van der Waals surface area contributed by atoms with Crippen molar-refractivity contribution in [2.24, 2.45) is 0 Å². The molecule has 0 aromatic carbocycles. The molecule has 0 atom stereocenters. The van der Waals surface area contributed by atoms with Gasteiger partial charge in [-0.2, -0.15) is 0 Å². The van der Waals surface area contributed by atoms with E-state index in [1.807, 2.05) is 19.9 Å². The van der Waals surface area contributed by atoms with Gasteiger partial charge in [-0.05, 0) is 13.8 Å². The van der Waals surface area contributed by atoms with Crippen LogP contribution in [0.1, 0.15) is 13.8 Å². The Kier molecular flexibility index (Phi) is 5.47. The van der Waals surface area contributed by atoms with E-state index in [1.165, 1.54) is 12.7 Å². The second kappa shape index (κ2) is 5.92. The Hall–Kier alpha value is -0.830. The monoisotopic (exact) mass is 158 g/mol. The molecule has 0 aliphatic rings. The Balaban J connectivity index is 3.28. The molecule has 0 aromatic heterocycles. The highest BCUT2D eigenvalue weighted by Crippen LogP contribution is 1.88. The number of hydrogen-bond donors (Lipinski definition) is 0. The van der Waals surface area contributed by atoms with E-state index in [0.29, 0.717) is 6.61 Å². The summed E-state index contributed by atoms with van der Waals surface area (Å²) in [5.41, 5.74) is 1.18. The van der Waals surface area contributed by atoms with Crippen molar-refractivity contribution < 1.29 is 14.3 Å². The molecule has 0 aliphatic carbocycles. The van der Waals surface area contributed by atoms with E-state index in [1.54, 1.807) is 0 Å². The van der Waals surface area contributed by atoms with Crippen molar-refractivity contribution in [1.82, 2.24) is 0 Å². The lowest BCUT2D eigenvalue weighted by molar-refractivity contribution is -0.145. The van der Waals surface area contributed by atoms with Crippen LogP contribution >= 0.6 is 0 Å². The first-order chi connectivity index (χ1) is 5.16. The molecule has 0 spiro atoms. The van der Waals surface area contributed by atoms with E-state index in [2.05, 4.69) is 4.74 Å². The van der Waals surface area contributed by atoms with Gasteiger partial charge in [0.05, 0.1) is 13.7 Å². The molecule has 0 fully saturated rings. The SMILES string of the molecule is COC(=O)COCC=C(C)C. The van der Waals surface area contributed by atoms with Crippen LogP contribution in [0.3, 0.4) is 0 Å². The molecule has 64 valence electrons. The number of methoxy groups -OCH3 is 1. The normalized spacial score (nSPS) is 9.00. The summed E-state index contributed by atoms with van der Waals surface area (Å²) in [7, 11) is 1.34. The van der Waals surface area contributed by atoms with Crippen LogP contribution < -0.4 is 0 Å². The topological polar surface area (TPSA) is 35.5 Å². The van der Waals surface area contributed by atoms with Crippen LogP contribution in [0.15, 0.2) is 11.6 Å². The van der Waals surface area contributed by atoms with E-state index in [9.17, 15) is 4.79 Å². The number of rotatable bonds is 4. The fraction of sp³-hybridized carbons (Fsp3) is 0.625. The molecule has 0 rings (SSSR count). The van der Waals surface area contributed by atoms with E-state index >= 15 is 0 Å². The van der Waals surface area contributed by atoms with Crippen molar-refractivity contribution in [1.29, 1.82) is 0 Å². The third-order valence-corrected chi connectivity index (χ3v) is 1.06. The van der Waals surface area contributed by atoms with Gasteiger partial charge >= 0.3 is 5.97 Å². The maximum absolute atomic E-state index is 10.5. The first-order valence-corrected chi connectivity index (χ1v) is 3.44. The lowest BCUT2D eigenvalue weighted by Gasteiger charge is -1.98. The van der Waals surface area contributed by atoms with Gasteiger partial charge in [0.2, 0.25) is 0 Å². The van der Waals surface area contributed by atoms with E-state index in [-0.39, 0.29) is 12.6 Å². The van der Waals surface area contributed by atoms with Gasteiger partial charge < -0.3 is 9.47 Å². The molecule has 0 saturated carbocycles. The highest BCUT2D eigenvalue weighted by atomic mass is 16.6. The Labute approximate surface area is 67.0 Å². The predicted octanol–water partition coefficient (Wildman–Crippen LogP) is 1.14. The van der Waals surface area contributed by atoms with Crippen LogP contribution in [0, 0.1) is 0 Å². The Bertz CT molecular complexity index is 145. The molecule has 3 heteroatoms. The zero-order chi connectivity index (χ0) is 8.69. The first-order valence-electron chi connectivity index (χ1n) is 3.44. The summed E-state index contributed by atoms with van der Waals surface area (Å²) in [4.78, 5) is 10.5. The fourth-order valence-corrected chi connectivity index (χ4v) is 0.427. The number of hydrogen-bond acceptors (Lipinski definition) is 3. The van der Waals surface area contributed by atoms with Gasteiger partial charge in [-0.3, -0.25) is 0 Å². The number of carbonyl (C=O) groups excluding carboxylic acids is 1. The van der Waals surface area contributed by atoms with Gasteiger partial charge in [-0.1, -0.05) is 11.6 Å². The summed E-state index contributed by atoms with van der Waals surface area (Å²) >= 11 is 0. The van der Waals surface area contributed by atoms with Gasteiger partial charge in [0, 0.05) is 0 Å². The molecule has 0 amide bonds. The van der Waals surface area contributed by atoms with Gasteiger partial charge in [-0.15, -0.1) is 0 Å². The molecule has 0 saturated heterocycles. The minimum Gasteiger partial charge on any atom is -0.467 e. The van der Waals surface area contributed by atoms with Gasteiger partial charge in [0.15, 0.2) is 0 Å². The molecule has 0 unspecified atom stereocenters. The van der Waals surface area contributed by atoms with Crippen molar-refractivity contribution in [3.05, 3.63) is 11.6 Å². The Morgan fingerprint density at radius 1 is 1.45 bits per heavy atom. The van der Waals surface area contributed by atoms with Crippen molar-refractivity contribution >= 4 is 5.97 Å². The van der Waals surface area contributed by atoms with E-state index in [0.717, 1.165) is 0 Å². The summed E-state index contributed by atoms with van der Waals surface area (Å²) in [6, 6.07) is 0. The van der Waals surface area contributed by atoms with E-state index < -0.39 is 0 Å². The lowest BCUT2D eigenvalue weighted by atomic mass is 10.3. The van der Waals surface area contributed by atoms with E-state index in [4.69, 9.17) is 4.74 Å². The molecule has 0 N–H and O–H groups in total.